The Bertz CT molecular complexity index is 338. The highest BCUT2D eigenvalue weighted by molar-refractivity contribution is 7.46. The number of unbranched alkanes of at least 4 members (excludes halogenated alkanes) is 3. The molecule has 0 aromatic rings. The maximum Gasteiger partial charge on any atom is 0.491 e. The van der Waals surface area contributed by atoms with Crippen LogP contribution in [0, 0.1) is 5.41 Å². The van der Waals surface area contributed by atoms with Gasteiger partial charge in [0.05, 0.1) is 0 Å². The zero-order valence-corrected chi connectivity index (χ0v) is 11.1. The molecule has 0 amide bonds. The number of aliphatic imine (C=N–C) groups is 1. The van der Waals surface area contributed by atoms with Gasteiger partial charge in [0.1, 0.15) is 0 Å². The molecule has 0 fully saturated rings. The largest absolute Gasteiger partial charge is 0.491 e. The van der Waals surface area contributed by atoms with E-state index in [1.807, 2.05) is 6.92 Å². The molecule has 7 N–H and O–H groups in total. The van der Waals surface area contributed by atoms with Crippen molar-refractivity contribution in [2.45, 2.75) is 32.6 Å². The Morgan fingerprint density at radius 2 is 2.00 bits per heavy atom. The molecule has 0 radical (unpaired) electrons. The fraction of sp³-hybridized carbons (Fsp3) is 0.750. The SMILES string of the molecule is CCCCCCN(OP(=O)(O)O)C(=N)N=C(N)N. The summed E-state index contributed by atoms with van der Waals surface area (Å²) in [5.74, 6) is -0.928. The van der Waals surface area contributed by atoms with Gasteiger partial charge in [-0.25, -0.2) is 9.63 Å². The van der Waals surface area contributed by atoms with Gasteiger partial charge in [0.15, 0.2) is 5.96 Å². The summed E-state index contributed by atoms with van der Waals surface area (Å²) in [6.45, 7) is 2.16. The molecule has 0 spiro atoms. The molecule has 0 unspecified atom stereocenters. The first-order valence-corrected chi connectivity index (χ1v) is 7.00. The number of hydroxylamine groups is 2. The predicted molar refractivity (Wildman–Crippen MR) is 67.5 cm³/mol. The van der Waals surface area contributed by atoms with Crippen LogP contribution in [0.5, 0.6) is 0 Å². The third-order valence-electron chi connectivity index (χ3n) is 1.89. The van der Waals surface area contributed by atoms with E-state index in [0.717, 1.165) is 19.3 Å². The Hall–Kier alpha value is -1.15. The van der Waals surface area contributed by atoms with Crippen molar-refractivity contribution < 1.29 is 19.0 Å². The van der Waals surface area contributed by atoms with Crippen molar-refractivity contribution >= 4 is 19.7 Å². The minimum absolute atomic E-state index is 0.126. The minimum Gasteiger partial charge on any atom is -0.370 e. The maximum atomic E-state index is 10.7. The van der Waals surface area contributed by atoms with Crippen LogP contribution < -0.4 is 11.5 Å². The number of nitrogens with two attached hydrogens (primary N) is 2. The average Bonchev–Trinajstić information content (AvgIpc) is 2.20. The number of hydrogen-bond donors (Lipinski definition) is 5. The van der Waals surface area contributed by atoms with Crippen LogP contribution in [0.4, 0.5) is 0 Å². The summed E-state index contributed by atoms with van der Waals surface area (Å²) in [5, 5.41) is 8.14. The molecule has 0 saturated heterocycles. The molecule has 18 heavy (non-hydrogen) atoms. The predicted octanol–water partition coefficient (Wildman–Crippen LogP) is 0.101. The van der Waals surface area contributed by atoms with E-state index in [0.29, 0.717) is 11.5 Å². The normalized spacial score (nSPS) is 11.1. The second-order valence-corrected chi connectivity index (χ2v) is 4.74. The van der Waals surface area contributed by atoms with Gasteiger partial charge in [-0.3, -0.25) is 5.41 Å². The van der Waals surface area contributed by atoms with E-state index in [1.54, 1.807) is 0 Å². The summed E-state index contributed by atoms with van der Waals surface area (Å²) in [5.41, 5.74) is 10.2. The molecule has 0 aliphatic rings. The van der Waals surface area contributed by atoms with Crippen molar-refractivity contribution in [3.8, 4) is 0 Å². The van der Waals surface area contributed by atoms with Gasteiger partial charge in [0, 0.05) is 6.54 Å². The Morgan fingerprint density at radius 1 is 1.39 bits per heavy atom. The quantitative estimate of drug-likeness (QED) is 0.145. The van der Waals surface area contributed by atoms with Gasteiger partial charge in [0.2, 0.25) is 5.96 Å². The molecule has 0 aliphatic carbocycles. The van der Waals surface area contributed by atoms with Crippen LogP contribution in [0.3, 0.4) is 0 Å². The molecule has 0 rings (SSSR count). The van der Waals surface area contributed by atoms with Crippen LogP contribution in [-0.4, -0.2) is 33.3 Å². The van der Waals surface area contributed by atoms with Crippen LogP contribution in [0.25, 0.3) is 0 Å². The molecule has 0 aliphatic heterocycles. The number of guanidine groups is 2. The van der Waals surface area contributed by atoms with Crippen molar-refractivity contribution in [3.63, 3.8) is 0 Å². The average molecular weight is 281 g/mol. The number of hydrogen-bond acceptors (Lipinski definition) is 3. The van der Waals surface area contributed by atoms with Crippen molar-refractivity contribution in [1.82, 2.24) is 5.06 Å². The fourth-order valence-corrected chi connectivity index (χ4v) is 1.59. The zero-order chi connectivity index (χ0) is 14.2. The monoisotopic (exact) mass is 281 g/mol. The lowest BCUT2D eigenvalue weighted by atomic mass is 10.2. The number of rotatable bonds is 7. The second-order valence-electron chi connectivity index (χ2n) is 3.60. The fourth-order valence-electron chi connectivity index (χ4n) is 1.17. The summed E-state index contributed by atoms with van der Waals surface area (Å²) in [6.07, 6.45) is 3.47. The highest BCUT2D eigenvalue weighted by Gasteiger charge is 2.22. The van der Waals surface area contributed by atoms with E-state index >= 15 is 0 Å². The van der Waals surface area contributed by atoms with E-state index in [4.69, 9.17) is 26.7 Å². The van der Waals surface area contributed by atoms with Crippen molar-refractivity contribution in [1.29, 1.82) is 5.41 Å². The lowest BCUT2D eigenvalue weighted by Gasteiger charge is -2.21. The molecule has 10 heteroatoms. The van der Waals surface area contributed by atoms with E-state index in [9.17, 15) is 4.57 Å². The van der Waals surface area contributed by atoms with Gasteiger partial charge < -0.3 is 21.3 Å². The molecule has 9 nitrogen and oxygen atoms in total. The van der Waals surface area contributed by atoms with Gasteiger partial charge >= 0.3 is 7.82 Å². The van der Waals surface area contributed by atoms with Crippen LogP contribution in [0.15, 0.2) is 4.99 Å². The lowest BCUT2D eigenvalue weighted by molar-refractivity contribution is -0.0166. The molecule has 0 aromatic carbocycles. The Balaban J connectivity index is 4.48. The number of phosphoric acid groups is 1. The Kier molecular flexibility index (Phi) is 7.53. The number of nitrogens with zero attached hydrogens (tertiary/aromatic N) is 2. The van der Waals surface area contributed by atoms with Crippen molar-refractivity contribution in [2.75, 3.05) is 6.54 Å². The summed E-state index contributed by atoms with van der Waals surface area (Å²) in [6, 6.07) is 0. The lowest BCUT2D eigenvalue weighted by Crippen LogP contribution is -2.33. The Labute approximate surface area is 106 Å². The third kappa shape index (κ3) is 8.94. The molecule has 0 bridgehead atoms. The first kappa shape index (κ1) is 16.9. The molecule has 0 aromatic heterocycles. The van der Waals surface area contributed by atoms with Gasteiger partial charge in [-0.1, -0.05) is 26.2 Å². The van der Waals surface area contributed by atoms with E-state index in [2.05, 4.69) is 9.62 Å². The first-order chi connectivity index (χ1) is 8.26. The minimum atomic E-state index is -4.74. The topological polar surface area (TPSA) is 158 Å². The summed E-state index contributed by atoms with van der Waals surface area (Å²) in [4.78, 5) is 20.8. The Morgan fingerprint density at radius 3 is 2.44 bits per heavy atom. The van der Waals surface area contributed by atoms with Gasteiger partial charge in [-0.15, -0.1) is 0 Å². The molecule has 0 saturated carbocycles. The summed E-state index contributed by atoms with van der Waals surface area (Å²) < 4.78 is 15.1. The highest BCUT2D eigenvalue weighted by Crippen LogP contribution is 2.37. The standard InChI is InChI=1S/C8H20N5O4P/c1-2-3-4-5-6-13(17-18(14,15)16)8(11)12-7(9)10/h2-6H2,1H3,(H2,14,15,16)(H5,9,10,11,12). The molecular weight excluding hydrogens is 261 g/mol. The van der Waals surface area contributed by atoms with Crippen LogP contribution in [0.2, 0.25) is 0 Å². The maximum absolute atomic E-state index is 10.7. The third-order valence-corrected chi connectivity index (χ3v) is 2.30. The van der Waals surface area contributed by atoms with Gasteiger partial charge in [-0.05, 0) is 6.42 Å². The van der Waals surface area contributed by atoms with Crippen LogP contribution in [0.1, 0.15) is 32.6 Å². The molecule has 106 valence electrons. The summed E-state index contributed by atoms with van der Waals surface area (Å²) >= 11 is 0. The van der Waals surface area contributed by atoms with Gasteiger partial charge in [0.25, 0.3) is 0 Å². The van der Waals surface area contributed by atoms with E-state index < -0.39 is 13.8 Å². The summed E-state index contributed by atoms with van der Waals surface area (Å²) in [7, 11) is -4.74. The van der Waals surface area contributed by atoms with Crippen LogP contribution >= 0.6 is 7.82 Å². The van der Waals surface area contributed by atoms with Crippen LogP contribution in [-0.2, 0) is 9.19 Å². The van der Waals surface area contributed by atoms with Crippen molar-refractivity contribution in [3.05, 3.63) is 0 Å². The number of nitrogens with one attached hydrogen (secondary N) is 1. The molecule has 0 heterocycles. The van der Waals surface area contributed by atoms with E-state index in [1.165, 1.54) is 0 Å². The molecule has 0 atom stereocenters. The highest BCUT2D eigenvalue weighted by atomic mass is 31.2. The van der Waals surface area contributed by atoms with E-state index in [-0.39, 0.29) is 12.5 Å². The smallest absolute Gasteiger partial charge is 0.370 e. The van der Waals surface area contributed by atoms with Crippen molar-refractivity contribution in [2.24, 2.45) is 16.5 Å². The van der Waals surface area contributed by atoms with Gasteiger partial charge in [-0.2, -0.15) is 9.62 Å². The second kappa shape index (κ2) is 8.04. The molecular formula is C8H20N5O4P. The zero-order valence-electron chi connectivity index (χ0n) is 10.2. The first-order valence-electron chi connectivity index (χ1n) is 5.47.